The van der Waals surface area contributed by atoms with Crippen LogP contribution in [0.25, 0.3) is 11.4 Å². The maximum atomic E-state index is 12.9. The van der Waals surface area contributed by atoms with Crippen LogP contribution >= 0.6 is 0 Å². The van der Waals surface area contributed by atoms with Gasteiger partial charge in [-0.05, 0) is 37.8 Å². The summed E-state index contributed by atoms with van der Waals surface area (Å²) in [5, 5.41) is 7.21. The summed E-state index contributed by atoms with van der Waals surface area (Å²) < 4.78 is 1.73. The standard InChI is InChI=1S/C21H27N5O2/c1-14(20(27)22-12-15-6-4-3-5-7-15)26-13-16-8-9-17(24-19(16)21(26)28)18-10-11-23-25(18)2/h8-11,14-15H,3-7,12-13H2,1-2H3,(H,22,27)/t14-/m1/s1. The number of pyridine rings is 1. The normalized spacial score (nSPS) is 18.2. The van der Waals surface area contributed by atoms with Crippen molar-refractivity contribution in [2.24, 2.45) is 13.0 Å². The van der Waals surface area contributed by atoms with Gasteiger partial charge in [0.1, 0.15) is 11.7 Å². The molecule has 0 saturated heterocycles. The third-order valence-electron chi connectivity index (χ3n) is 6.00. The molecule has 0 unspecified atom stereocenters. The summed E-state index contributed by atoms with van der Waals surface area (Å²) in [6, 6.07) is 5.19. The van der Waals surface area contributed by atoms with E-state index in [0.29, 0.717) is 30.4 Å². The summed E-state index contributed by atoms with van der Waals surface area (Å²) in [6.45, 7) is 2.92. The van der Waals surface area contributed by atoms with E-state index in [1.807, 2.05) is 25.2 Å². The molecule has 0 radical (unpaired) electrons. The Morgan fingerprint density at radius 1 is 1.25 bits per heavy atom. The molecule has 148 valence electrons. The zero-order valence-electron chi connectivity index (χ0n) is 16.5. The minimum absolute atomic E-state index is 0.0846. The van der Waals surface area contributed by atoms with Crippen LogP contribution in [-0.2, 0) is 18.4 Å². The number of aromatic nitrogens is 3. The van der Waals surface area contributed by atoms with Crippen molar-refractivity contribution in [2.45, 2.75) is 51.6 Å². The summed E-state index contributed by atoms with van der Waals surface area (Å²) in [7, 11) is 1.84. The number of carbonyl (C=O) groups is 2. The van der Waals surface area contributed by atoms with Crippen LogP contribution in [0.15, 0.2) is 24.4 Å². The van der Waals surface area contributed by atoms with Crippen molar-refractivity contribution in [3.63, 3.8) is 0 Å². The third-order valence-corrected chi connectivity index (χ3v) is 6.00. The lowest BCUT2D eigenvalue weighted by Gasteiger charge is -2.26. The molecule has 0 bridgehead atoms. The molecule has 4 rings (SSSR count). The van der Waals surface area contributed by atoms with Gasteiger partial charge in [0.2, 0.25) is 5.91 Å². The molecule has 1 aliphatic carbocycles. The van der Waals surface area contributed by atoms with Crippen molar-refractivity contribution in [3.8, 4) is 11.4 Å². The fourth-order valence-corrected chi connectivity index (χ4v) is 4.20. The molecule has 28 heavy (non-hydrogen) atoms. The lowest BCUT2D eigenvalue weighted by molar-refractivity contribution is -0.125. The molecule has 1 N–H and O–H groups in total. The zero-order valence-corrected chi connectivity index (χ0v) is 16.5. The van der Waals surface area contributed by atoms with Crippen molar-refractivity contribution in [2.75, 3.05) is 6.54 Å². The van der Waals surface area contributed by atoms with E-state index in [4.69, 9.17) is 0 Å². The molecule has 0 spiro atoms. The average molecular weight is 381 g/mol. The number of amides is 2. The largest absolute Gasteiger partial charge is 0.354 e. The number of nitrogens with one attached hydrogen (secondary N) is 1. The molecule has 2 amide bonds. The van der Waals surface area contributed by atoms with Gasteiger partial charge in [0.25, 0.3) is 5.91 Å². The van der Waals surface area contributed by atoms with Gasteiger partial charge in [-0.15, -0.1) is 0 Å². The van der Waals surface area contributed by atoms with Crippen molar-refractivity contribution >= 4 is 11.8 Å². The highest BCUT2D eigenvalue weighted by atomic mass is 16.2. The fraction of sp³-hybridized carbons (Fsp3) is 0.524. The van der Waals surface area contributed by atoms with Crippen molar-refractivity contribution in [3.05, 3.63) is 35.7 Å². The number of fused-ring (bicyclic) bond motifs is 1. The molecular weight excluding hydrogens is 354 g/mol. The number of carbonyl (C=O) groups excluding carboxylic acids is 2. The molecule has 1 atom stereocenters. The van der Waals surface area contributed by atoms with Crippen molar-refractivity contribution in [1.82, 2.24) is 25.0 Å². The highest BCUT2D eigenvalue weighted by Gasteiger charge is 2.35. The molecule has 2 aliphatic rings. The molecule has 2 aromatic heterocycles. The molecule has 0 aromatic carbocycles. The highest BCUT2D eigenvalue weighted by Crippen LogP contribution is 2.27. The maximum Gasteiger partial charge on any atom is 0.273 e. The van der Waals surface area contributed by atoms with Gasteiger partial charge in [0, 0.05) is 31.9 Å². The van der Waals surface area contributed by atoms with Crippen LogP contribution in [0.2, 0.25) is 0 Å². The van der Waals surface area contributed by atoms with Gasteiger partial charge in [0.05, 0.1) is 11.4 Å². The zero-order chi connectivity index (χ0) is 19.7. The number of aryl methyl sites for hydroxylation is 1. The highest BCUT2D eigenvalue weighted by molar-refractivity contribution is 5.99. The predicted octanol–water partition coefficient (Wildman–Crippen LogP) is 2.52. The smallest absolute Gasteiger partial charge is 0.273 e. The number of hydrogen-bond acceptors (Lipinski definition) is 4. The second-order valence-corrected chi connectivity index (χ2v) is 7.90. The van der Waals surface area contributed by atoms with E-state index in [0.717, 1.165) is 11.3 Å². The van der Waals surface area contributed by atoms with E-state index in [1.54, 1.807) is 22.7 Å². The fourth-order valence-electron chi connectivity index (χ4n) is 4.20. The summed E-state index contributed by atoms with van der Waals surface area (Å²) in [6.07, 6.45) is 7.88. The van der Waals surface area contributed by atoms with Gasteiger partial charge in [0.15, 0.2) is 0 Å². The van der Waals surface area contributed by atoms with Crippen LogP contribution in [0.4, 0.5) is 0 Å². The lowest BCUT2D eigenvalue weighted by atomic mass is 9.89. The molecule has 1 fully saturated rings. The first kappa shape index (κ1) is 18.7. The van der Waals surface area contributed by atoms with E-state index < -0.39 is 6.04 Å². The number of hydrogen-bond donors (Lipinski definition) is 1. The van der Waals surface area contributed by atoms with Gasteiger partial charge in [-0.25, -0.2) is 4.98 Å². The van der Waals surface area contributed by atoms with E-state index in [1.165, 1.54) is 32.1 Å². The van der Waals surface area contributed by atoms with Gasteiger partial charge >= 0.3 is 0 Å². The minimum Gasteiger partial charge on any atom is -0.354 e. The third kappa shape index (κ3) is 3.53. The summed E-state index contributed by atoms with van der Waals surface area (Å²) in [5.74, 6) is 0.303. The van der Waals surface area contributed by atoms with Crippen LogP contribution in [0, 0.1) is 5.92 Å². The Morgan fingerprint density at radius 3 is 2.75 bits per heavy atom. The molecule has 7 heteroatoms. The monoisotopic (exact) mass is 381 g/mol. The quantitative estimate of drug-likeness (QED) is 0.863. The van der Waals surface area contributed by atoms with Crippen molar-refractivity contribution in [1.29, 1.82) is 0 Å². The second kappa shape index (κ2) is 7.73. The van der Waals surface area contributed by atoms with Gasteiger partial charge in [-0.3, -0.25) is 14.3 Å². The van der Waals surface area contributed by atoms with Crippen LogP contribution < -0.4 is 5.32 Å². The Morgan fingerprint density at radius 2 is 2.04 bits per heavy atom. The number of nitrogens with zero attached hydrogens (tertiary/aromatic N) is 4. The lowest BCUT2D eigenvalue weighted by Crippen LogP contribution is -2.46. The first-order valence-corrected chi connectivity index (χ1v) is 10.1. The topological polar surface area (TPSA) is 80.1 Å². The van der Waals surface area contributed by atoms with Crippen LogP contribution in [0.1, 0.15) is 55.1 Å². The summed E-state index contributed by atoms with van der Waals surface area (Å²) in [5.41, 5.74) is 2.86. The Bertz CT molecular complexity index is 885. The second-order valence-electron chi connectivity index (χ2n) is 7.90. The molecule has 2 aromatic rings. The molecule has 1 aliphatic heterocycles. The maximum absolute atomic E-state index is 12.9. The molecular formula is C21H27N5O2. The first-order chi connectivity index (χ1) is 13.5. The molecule has 1 saturated carbocycles. The van der Waals surface area contributed by atoms with Gasteiger partial charge < -0.3 is 10.2 Å². The van der Waals surface area contributed by atoms with E-state index in [9.17, 15) is 9.59 Å². The summed E-state index contributed by atoms with van der Waals surface area (Å²) >= 11 is 0. The minimum atomic E-state index is -0.509. The Balaban J connectivity index is 1.43. The number of rotatable bonds is 5. The van der Waals surface area contributed by atoms with Crippen molar-refractivity contribution < 1.29 is 9.59 Å². The summed E-state index contributed by atoms with van der Waals surface area (Å²) in [4.78, 5) is 31.7. The Kier molecular flexibility index (Phi) is 5.15. The Labute approximate surface area is 165 Å². The molecule has 7 nitrogen and oxygen atoms in total. The van der Waals surface area contributed by atoms with E-state index >= 15 is 0 Å². The SMILES string of the molecule is C[C@H](C(=O)NCC1CCCCC1)N1Cc2ccc(-c3ccnn3C)nc2C1=O. The first-order valence-electron chi connectivity index (χ1n) is 10.1. The van der Waals surface area contributed by atoms with Crippen LogP contribution in [-0.4, -0.2) is 44.1 Å². The van der Waals surface area contributed by atoms with E-state index in [2.05, 4.69) is 15.4 Å². The predicted molar refractivity (Wildman–Crippen MR) is 105 cm³/mol. The molecule has 3 heterocycles. The average Bonchev–Trinajstić information content (AvgIpc) is 3.29. The van der Waals surface area contributed by atoms with Gasteiger partial charge in [-0.1, -0.05) is 25.3 Å². The van der Waals surface area contributed by atoms with Crippen LogP contribution in [0.5, 0.6) is 0 Å². The Hall–Kier alpha value is -2.70. The van der Waals surface area contributed by atoms with Gasteiger partial charge in [-0.2, -0.15) is 5.10 Å². The van der Waals surface area contributed by atoms with Crippen LogP contribution in [0.3, 0.4) is 0 Å². The van der Waals surface area contributed by atoms with E-state index in [-0.39, 0.29) is 11.8 Å².